The molecule has 2 aromatic rings. The summed E-state index contributed by atoms with van der Waals surface area (Å²) in [5, 5.41) is 3.03. The molecule has 2 aromatic carbocycles. The fraction of sp³-hybridized carbons (Fsp3) is 0.435. The highest BCUT2D eigenvalue weighted by molar-refractivity contribution is 5.76. The molecule has 0 saturated carbocycles. The first-order chi connectivity index (χ1) is 14.0. The van der Waals surface area contributed by atoms with Crippen LogP contribution in [-0.4, -0.2) is 32.3 Å². The van der Waals surface area contributed by atoms with Crippen LogP contribution in [0.2, 0.25) is 0 Å². The van der Waals surface area contributed by atoms with E-state index >= 15 is 0 Å². The second-order valence-electron chi connectivity index (χ2n) is 7.38. The Bertz CT molecular complexity index is 817. The third kappa shape index (κ3) is 5.54. The smallest absolute Gasteiger partial charge is 0.220 e. The summed E-state index contributed by atoms with van der Waals surface area (Å²) in [6.07, 6.45) is 2.23. The minimum atomic E-state index is -0.889. The van der Waals surface area contributed by atoms with Crippen molar-refractivity contribution >= 4 is 5.91 Å². The number of amides is 1. The molecule has 1 fully saturated rings. The van der Waals surface area contributed by atoms with Gasteiger partial charge in [-0.2, -0.15) is 0 Å². The Kier molecular flexibility index (Phi) is 7.20. The van der Waals surface area contributed by atoms with Gasteiger partial charge in [0.25, 0.3) is 0 Å². The number of aryl methyl sites for hydroxylation is 1. The SMILES string of the molecule is CCOc1ccc(C2(CNC(=O)CCc3ccc(F)c(F)c3)CCOCC2)cc1. The maximum atomic E-state index is 13.3. The molecule has 0 unspecified atom stereocenters. The number of carbonyl (C=O) groups excluding carboxylic acids is 1. The van der Waals surface area contributed by atoms with Crippen molar-refractivity contribution in [2.75, 3.05) is 26.4 Å². The van der Waals surface area contributed by atoms with E-state index in [4.69, 9.17) is 9.47 Å². The zero-order valence-electron chi connectivity index (χ0n) is 16.7. The van der Waals surface area contributed by atoms with Crippen LogP contribution in [0.25, 0.3) is 0 Å². The second kappa shape index (κ2) is 9.83. The molecule has 1 N–H and O–H groups in total. The van der Waals surface area contributed by atoms with Gasteiger partial charge in [-0.1, -0.05) is 18.2 Å². The van der Waals surface area contributed by atoms with Gasteiger partial charge in [-0.05, 0) is 61.6 Å². The van der Waals surface area contributed by atoms with E-state index in [1.807, 2.05) is 19.1 Å². The minimum Gasteiger partial charge on any atom is -0.494 e. The third-order valence-electron chi connectivity index (χ3n) is 5.48. The van der Waals surface area contributed by atoms with Gasteiger partial charge in [-0.3, -0.25) is 4.79 Å². The van der Waals surface area contributed by atoms with Crippen molar-refractivity contribution < 1.29 is 23.0 Å². The molecular weight excluding hydrogens is 376 g/mol. The van der Waals surface area contributed by atoms with E-state index in [1.165, 1.54) is 6.07 Å². The summed E-state index contributed by atoms with van der Waals surface area (Å²) >= 11 is 0. The molecule has 0 radical (unpaired) electrons. The summed E-state index contributed by atoms with van der Waals surface area (Å²) in [6.45, 7) is 4.38. The topological polar surface area (TPSA) is 47.6 Å². The molecular formula is C23H27F2NO3. The maximum absolute atomic E-state index is 13.3. The normalized spacial score (nSPS) is 15.7. The maximum Gasteiger partial charge on any atom is 0.220 e. The van der Waals surface area contributed by atoms with Gasteiger partial charge < -0.3 is 14.8 Å². The first-order valence-corrected chi connectivity index (χ1v) is 10.0. The summed E-state index contributed by atoms with van der Waals surface area (Å²) in [5.74, 6) is -1.05. The molecule has 0 aliphatic carbocycles. The number of carbonyl (C=O) groups is 1. The van der Waals surface area contributed by atoms with Crippen molar-refractivity contribution in [1.29, 1.82) is 0 Å². The number of halogens is 2. The molecule has 1 heterocycles. The Morgan fingerprint density at radius 2 is 1.83 bits per heavy atom. The Hall–Kier alpha value is -2.47. The van der Waals surface area contributed by atoms with Crippen molar-refractivity contribution in [3.8, 4) is 5.75 Å². The van der Waals surface area contributed by atoms with E-state index in [2.05, 4.69) is 17.4 Å². The van der Waals surface area contributed by atoms with E-state index in [0.717, 1.165) is 36.3 Å². The van der Waals surface area contributed by atoms with Crippen molar-refractivity contribution in [2.45, 2.75) is 38.0 Å². The highest BCUT2D eigenvalue weighted by Crippen LogP contribution is 2.35. The summed E-state index contributed by atoms with van der Waals surface area (Å²) in [5.41, 5.74) is 1.58. The zero-order chi connectivity index (χ0) is 20.7. The molecule has 0 spiro atoms. The average Bonchev–Trinajstić information content (AvgIpc) is 2.74. The van der Waals surface area contributed by atoms with Crippen molar-refractivity contribution in [2.24, 2.45) is 0 Å². The lowest BCUT2D eigenvalue weighted by Gasteiger charge is -2.38. The van der Waals surface area contributed by atoms with Gasteiger partial charge in [0.05, 0.1) is 6.61 Å². The zero-order valence-corrected chi connectivity index (χ0v) is 16.7. The lowest BCUT2D eigenvalue weighted by Crippen LogP contribution is -2.44. The van der Waals surface area contributed by atoms with Crippen LogP contribution >= 0.6 is 0 Å². The fourth-order valence-electron chi connectivity index (χ4n) is 3.71. The predicted octanol–water partition coefficient (Wildman–Crippen LogP) is 4.16. The molecule has 1 amide bonds. The third-order valence-corrected chi connectivity index (χ3v) is 5.48. The summed E-state index contributed by atoms with van der Waals surface area (Å²) in [4.78, 5) is 12.4. The van der Waals surface area contributed by atoms with Crippen molar-refractivity contribution in [3.05, 3.63) is 65.2 Å². The number of hydrogen-bond acceptors (Lipinski definition) is 3. The Morgan fingerprint density at radius 3 is 2.48 bits per heavy atom. The highest BCUT2D eigenvalue weighted by Gasteiger charge is 2.34. The van der Waals surface area contributed by atoms with E-state index in [-0.39, 0.29) is 17.7 Å². The molecule has 3 rings (SSSR count). The van der Waals surface area contributed by atoms with Crippen LogP contribution in [0.15, 0.2) is 42.5 Å². The highest BCUT2D eigenvalue weighted by atomic mass is 19.2. The molecule has 0 bridgehead atoms. The second-order valence-corrected chi connectivity index (χ2v) is 7.38. The monoisotopic (exact) mass is 403 g/mol. The van der Waals surface area contributed by atoms with Crippen LogP contribution in [0.1, 0.15) is 37.3 Å². The summed E-state index contributed by atoms with van der Waals surface area (Å²) < 4.78 is 37.4. The van der Waals surface area contributed by atoms with Gasteiger partial charge in [-0.25, -0.2) is 8.78 Å². The van der Waals surface area contributed by atoms with Crippen LogP contribution in [0.3, 0.4) is 0 Å². The fourth-order valence-corrected chi connectivity index (χ4v) is 3.71. The number of rotatable bonds is 8. The number of benzene rings is 2. The lowest BCUT2D eigenvalue weighted by molar-refractivity contribution is -0.121. The number of hydrogen-bond donors (Lipinski definition) is 1. The minimum absolute atomic E-state index is 0.105. The van der Waals surface area contributed by atoms with Crippen LogP contribution in [0.4, 0.5) is 8.78 Å². The predicted molar refractivity (Wildman–Crippen MR) is 107 cm³/mol. The Labute approximate surface area is 170 Å². The first kappa shape index (κ1) is 21.2. The summed E-state index contributed by atoms with van der Waals surface area (Å²) in [6, 6.07) is 11.8. The van der Waals surface area contributed by atoms with Gasteiger partial charge in [0, 0.05) is 31.6 Å². The van der Waals surface area contributed by atoms with E-state index in [0.29, 0.717) is 38.3 Å². The van der Waals surface area contributed by atoms with Crippen LogP contribution in [-0.2, 0) is 21.4 Å². The van der Waals surface area contributed by atoms with E-state index < -0.39 is 11.6 Å². The van der Waals surface area contributed by atoms with Gasteiger partial charge in [-0.15, -0.1) is 0 Å². The molecule has 156 valence electrons. The molecule has 1 saturated heterocycles. The molecule has 0 aromatic heterocycles. The van der Waals surface area contributed by atoms with Crippen LogP contribution < -0.4 is 10.1 Å². The van der Waals surface area contributed by atoms with E-state index in [9.17, 15) is 13.6 Å². The first-order valence-electron chi connectivity index (χ1n) is 10.0. The van der Waals surface area contributed by atoms with Crippen LogP contribution in [0, 0.1) is 11.6 Å². The van der Waals surface area contributed by atoms with Crippen molar-refractivity contribution in [1.82, 2.24) is 5.32 Å². The molecule has 1 aliphatic heterocycles. The number of nitrogens with one attached hydrogen (secondary N) is 1. The number of ether oxygens (including phenoxy) is 2. The molecule has 6 heteroatoms. The lowest BCUT2D eigenvalue weighted by atomic mass is 9.74. The quantitative estimate of drug-likeness (QED) is 0.720. The molecule has 29 heavy (non-hydrogen) atoms. The van der Waals surface area contributed by atoms with Gasteiger partial charge in [0.15, 0.2) is 11.6 Å². The average molecular weight is 403 g/mol. The van der Waals surface area contributed by atoms with Gasteiger partial charge >= 0.3 is 0 Å². The van der Waals surface area contributed by atoms with Crippen LogP contribution in [0.5, 0.6) is 5.75 Å². The standard InChI is InChI=1S/C23H27F2NO3/c1-2-29-19-7-5-18(6-8-19)23(11-13-28-14-12-23)16-26-22(27)10-4-17-3-9-20(24)21(25)15-17/h3,5-9,15H,2,4,10-14,16H2,1H3,(H,26,27). The summed E-state index contributed by atoms with van der Waals surface area (Å²) in [7, 11) is 0. The Balaban J connectivity index is 1.61. The molecule has 1 aliphatic rings. The van der Waals surface area contributed by atoms with Gasteiger partial charge in [0.2, 0.25) is 5.91 Å². The Morgan fingerprint density at radius 1 is 1.10 bits per heavy atom. The van der Waals surface area contributed by atoms with E-state index in [1.54, 1.807) is 0 Å². The van der Waals surface area contributed by atoms with Gasteiger partial charge in [0.1, 0.15) is 5.75 Å². The molecule has 4 nitrogen and oxygen atoms in total. The molecule has 0 atom stereocenters. The largest absolute Gasteiger partial charge is 0.494 e. The van der Waals surface area contributed by atoms with Crippen molar-refractivity contribution in [3.63, 3.8) is 0 Å².